The van der Waals surface area contributed by atoms with Crippen LogP contribution < -0.4 is 0 Å². The van der Waals surface area contributed by atoms with Crippen LogP contribution in [0.3, 0.4) is 0 Å². The number of thioether (sulfide) groups is 3. The predicted molar refractivity (Wildman–Crippen MR) is 74.6 cm³/mol. The third kappa shape index (κ3) is 1.73. The van der Waals surface area contributed by atoms with E-state index in [1.54, 1.807) is 0 Å². The Morgan fingerprint density at radius 3 is 2.80 bits per heavy atom. The van der Waals surface area contributed by atoms with Crippen LogP contribution in [0.4, 0.5) is 0 Å². The first-order chi connectivity index (χ1) is 7.42. The third-order valence-corrected chi connectivity index (χ3v) is 6.95. The van der Waals surface area contributed by atoms with Gasteiger partial charge in [-0.15, -0.1) is 35.3 Å². The molecule has 3 aliphatic rings. The SMILES string of the molecule is C1=CC(C2(C3CC=CS3)C=CSC2)SC1. The molecule has 0 N–H and O–H groups in total. The van der Waals surface area contributed by atoms with E-state index in [9.17, 15) is 0 Å². The Hall–Kier alpha value is 0.270. The highest BCUT2D eigenvalue weighted by molar-refractivity contribution is 8.04. The van der Waals surface area contributed by atoms with E-state index in [0.29, 0.717) is 10.7 Å². The maximum Gasteiger partial charge on any atom is 0.0340 e. The minimum absolute atomic E-state index is 0.413. The van der Waals surface area contributed by atoms with Gasteiger partial charge in [-0.05, 0) is 17.2 Å². The number of allylic oxidation sites excluding steroid dienone is 2. The minimum atomic E-state index is 0.413. The van der Waals surface area contributed by atoms with Crippen LogP contribution in [0.25, 0.3) is 0 Å². The first kappa shape index (κ1) is 10.4. The van der Waals surface area contributed by atoms with E-state index < -0.39 is 0 Å². The lowest BCUT2D eigenvalue weighted by atomic mass is 9.81. The molecule has 3 unspecified atom stereocenters. The monoisotopic (exact) mass is 254 g/mol. The van der Waals surface area contributed by atoms with E-state index >= 15 is 0 Å². The van der Waals surface area contributed by atoms with Crippen molar-refractivity contribution in [3.8, 4) is 0 Å². The fourth-order valence-electron chi connectivity index (χ4n) is 2.44. The van der Waals surface area contributed by atoms with E-state index in [-0.39, 0.29) is 0 Å². The van der Waals surface area contributed by atoms with E-state index in [1.807, 2.05) is 23.5 Å². The molecule has 0 aromatic heterocycles. The van der Waals surface area contributed by atoms with Crippen LogP contribution >= 0.6 is 35.3 Å². The zero-order valence-electron chi connectivity index (χ0n) is 8.46. The molecular formula is C12H14S3. The molecular weight excluding hydrogens is 240 g/mol. The Kier molecular flexibility index (Phi) is 2.97. The molecule has 80 valence electrons. The van der Waals surface area contributed by atoms with Gasteiger partial charge in [-0.2, -0.15) is 0 Å². The Morgan fingerprint density at radius 2 is 2.20 bits per heavy atom. The average Bonchev–Trinajstić information content (AvgIpc) is 3.02. The molecule has 0 radical (unpaired) electrons. The Labute approximate surface area is 104 Å². The molecule has 0 bridgehead atoms. The molecule has 0 amide bonds. The van der Waals surface area contributed by atoms with E-state index in [2.05, 4.69) is 46.9 Å². The van der Waals surface area contributed by atoms with Gasteiger partial charge in [0.25, 0.3) is 0 Å². The van der Waals surface area contributed by atoms with Gasteiger partial charge in [0.05, 0.1) is 0 Å². The quantitative estimate of drug-likeness (QED) is 0.685. The highest BCUT2D eigenvalue weighted by Gasteiger charge is 2.45. The van der Waals surface area contributed by atoms with Crippen molar-refractivity contribution in [3.05, 3.63) is 35.1 Å². The molecule has 0 aromatic carbocycles. The molecule has 3 atom stereocenters. The smallest absolute Gasteiger partial charge is 0.0340 e. The maximum atomic E-state index is 2.48. The molecule has 3 aliphatic heterocycles. The van der Waals surface area contributed by atoms with Crippen LogP contribution in [-0.2, 0) is 0 Å². The van der Waals surface area contributed by atoms with Gasteiger partial charge >= 0.3 is 0 Å². The van der Waals surface area contributed by atoms with Crippen molar-refractivity contribution in [1.29, 1.82) is 0 Å². The Bertz CT molecular complexity index is 324. The predicted octanol–water partition coefficient (Wildman–Crippen LogP) is 3.92. The van der Waals surface area contributed by atoms with Crippen molar-refractivity contribution in [1.82, 2.24) is 0 Å². The Balaban J connectivity index is 1.87. The second kappa shape index (κ2) is 4.27. The molecule has 0 aromatic rings. The summed E-state index contributed by atoms with van der Waals surface area (Å²) in [6, 6.07) is 0. The van der Waals surface area contributed by atoms with E-state index in [0.717, 1.165) is 5.25 Å². The lowest BCUT2D eigenvalue weighted by Crippen LogP contribution is -2.39. The van der Waals surface area contributed by atoms with Crippen molar-refractivity contribution in [2.45, 2.75) is 16.9 Å². The molecule has 0 spiro atoms. The van der Waals surface area contributed by atoms with Gasteiger partial charge in [-0.25, -0.2) is 0 Å². The normalized spacial score (nSPS) is 43.2. The molecule has 3 heterocycles. The van der Waals surface area contributed by atoms with Crippen molar-refractivity contribution in [2.24, 2.45) is 5.41 Å². The first-order valence-corrected chi connectivity index (χ1v) is 8.34. The molecule has 0 fully saturated rings. The summed E-state index contributed by atoms with van der Waals surface area (Å²) >= 11 is 6.13. The molecule has 0 saturated heterocycles. The molecule has 3 heteroatoms. The fourth-order valence-corrected chi connectivity index (χ4v) is 6.43. The topological polar surface area (TPSA) is 0 Å². The lowest BCUT2D eigenvalue weighted by Gasteiger charge is -2.37. The van der Waals surface area contributed by atoms with Gasteiger partial charge in [0.15, 0.2) is 0 Å². The summed E-state index contributed by atoms with van der Waals surface area (Å²) in [7, 11) is 0. The van der Waals surface area contributed by atoms with Crippen molar-refractivity contribution in [2.75, 3.05) is 11.5 Å². The van der Waals surface area contributed by atoms with Gasteiger partial charge in [0.1, 0.15) is 0 Å². The van der Waals surface area contributed by atoms with E-state index in [1.165, 1.54) is 17.9 Å². The van der Waals surface area contributed by atoms with Crippen molar-refractivity contribution < 1.29 is 0 Å². The lowest BCUT2D eigenvalue weighted by molar-refractivity contribution is 0.445. The molecule has 0 nitrogen and oxygen atoms in total. The van der Waals surface area contributed by atoms with Gasteiger partial charge < -0.3 is 0 Å². The molecule has 0 aliphatic carbocycles. The number of hydrogen-bond acceptors (Lipinski definition) is 3. The summed E-state index contributed by atoms with van der Waals surface area (Å²) < 4.78 is 0. The van der Waals surface area contributed by atoms with Crippen molar-refractivity contribution in [3.63, 3.8) is 0 Å². The maximum absolute atomic E-state index is 2.48. The summed E-state index contributed by atoms with van der Waals surface area (Å²) in [4.78, 5) is 0. The third-order valence-electron chi connectivity index (χ3n) is 3.31. The van der Waals surface area contributed by atoms with Gasteiger partial charge in [0, 0.05) is 27.4 Å². The standard InChI is InChI=1S/C12H14S3/c1-3-10(14-6-1)12(5-8-13-9-12)11-4-2-7-15-11/h1-3,5,7-8,10-11H,4,6,9H2. The van der Waals surface area contributed by atoms with Gasteiger partial charge in [0.2, 0.25) is 0 Å². The van der Waals surface area contributed by atoms with Crippen LogP contribution in [0.2, 0.25) is 0 Å². The second-order valence-corrected chi connectivity index (χ2v) is 7.32. The molecule has 3 rings (SSSR count). The summed E-state index contributed by atoms with van der Waals surface area (Å²) in [5.41, 5.74) is 0.413. The summed E-state index contributed by atoms with van der Waals surface area (Å²) in [6.07, 6.45) is 10.8. The van der Waals surface area contributed by atoms with Crippen LogP contribution in [0.15, 0.2) is 35.1 Å². The summed E-state index contributed by atoms with van der Waals surface area (Å²) in [5.74, 6) is 2.48. The minimum Gasteiger partial charge on any atom is -0.149 e. The highest BCUT2D eigenvalue weighted by Crippen LogP contribution is 2.52. The van der Waals surface area contributed by atoms with Crippen LogP contribution in [0.5, 0.6) is 0 Å². The van der Waals surface area contributed by atoms with Crippen molar-refractivity contribution >= 4 is 35.3 Å². The largest absolute Gasteiger partial charge is 0.149 e. The fraction of sp³-hybridized carbons (Fsp3) is 0.500. The first-order valence-electron chi connectivity index (χ1n) is 5.30. The molecule has 0 saturated carbocycles. The molecule has 15 heavy (non-hydrogen) atoms. The van der Waals surface area contributed by atoms with Gasteiger partial charge in [-0.1, -0.05) is 24.3 Å². The zero-order valence-corrected chi connectivity index (χ0v) is 10.9. The van der Waals surface area contributed by atoms with Crippen LogP contribution in [-0.4, -0.2) is 22.0 Å². The van der Waals surface area contributed by atoms with Gasteiger partial charge in [-0.3, -0.25) is 0 Å². The highest BCUT2D eigenvalue weighted by atomic mass is 32.2. The zero-order chi connectivity index (χ0) is 10.1. The Morgan fingerprint density at radius 1 is 1.20 bits per heavy atom. The van der Waals surface area contributed by atoms with E-state index in [4.69, 9.17) is 0 Å². The second-order valence-electron chi connectivity index (χ2n) is 4.14. The number of rotatable bonds is 2. The summed E-state index contributed by atoms with van der Waals surface area (Å²) in [5, 5.41) is 6.07. The number of hydrogen-bond donors (Lipinski definition) is 0. The average molecular weight is 254 g/mol. The summed E-state index contributed by atoms with van der Waals surface area (Å²) in [6.45, 7) is 0. The van der Waals surface area contributed by atoms with Crippen LogP contribution in [0, 0.1) is 5.41 Å². The van der Waals surface area contributed by atoms with Crippen LogP contribution in [0.1, 0.15) is 6.42 Å².